The molecular formula is C19H34O3Sn. The van der Waals surface area contributed by atoms with Crippen molar-refractivity contribution in [2.24, 2.45) is 0 Å². The van der Waals surface area contributed by atoms with Gasteiger partial charge in [-0.3, -0.25) is 0 Å². The summed E-state index contributed by atoms with van der Waals surface area (Å²) in [7, 11) is 0. The molecule has 132 valence electrons. The zero-order chi connectivity index (χ0) is 16.9. The average Bonchev–Trinajstić information content (AvgIpc) is 3.07. The maximum atomic E-state index is 12.6. The molecule has 0 amide bonds. The molecule has 1 aliphatic carbocycles. The Morgan fingerprint density at radius 2 is 1.35 bits per heavy atom. The summed E-state index contributed by atoms with van der Waals surface area (Å²) in [5.41, 5.74) is 1.01. The second-order valence-corrected chi connectivity index (χ2v) is 20.3. The molecule has 0 aromatic carbocycles. The Morgan fingerprint density at radius 3 is 1.74 bits per heavy atom. The summed E-state index contributed by atoms with van der Waals surface area (Å²) >= 11 is -2.63. The van der Waals surface area contributed by atoms with E-state index in [0.29, 0.717) is 13.2 Å². The third-order valence-electron chi connectivity index (χ3n) is 5.59. The van der Waals surface area contributed by atoms with Gasteiger partial charge in [0.05, 0.1) is 0 Å². The Bertz CT molecular complexity index is 428. The van der Waals surface area contributed by atoms with Crippen molar-refractivity contribution in [3.05, 3.63) is 9.16 Å². The number of rotatable bonds is 10. The molecule has 0 unspecified atom stereocenters. The minimum atomic E-state index is -2.63. The van der Waals surface area contributed by atoms with Gasteiger partial charge in [0.1, 0.15) is 0 Å². The van der Waals surface area contributed by atoms with E-state index in [2.05, 4.69) is 20.8 Å². The number of carbonyl (C=O) groups is 1. The van der Waals surface area contributed by atoms with Crippen molar-refractivity contribution in [2.45, 2.75) is 85.3 Å². The summed E-state index contributed by atoms with van der Waals surface area (Å²) in [5.74, 6) is -0.800. The van der Waals surface area contributed by atoms with Crippen LogP contribution in [0, 0.1) is 0 Å². The molecule has 2 aliphatic rings. The molecule has 2 rings (SSSR count). The van der Waals surface area contributed by atoms with Crippen molar-refractivity contribution < 1.29 is 14.3 Å². The molecule has 1 spiro atoms. The predicted octanol–water partition coefficient (Wildman–Crippen LogP) is 5.02. The van der Waals surface area contributed by atoms with E-state index in [1.54, 1.807) is 0 Å². The first-order chi connectivity index (χ1) is 11.1. The van der Waals surface area contributed by atoms with Crippen LogP contribution >= 0.6 is 0 Å². The number of unbranched alkanes of at least 4 members (excludes halogenated alkanes) is 3. The van der Waals surface area contributed by atoms with E-state index in [4.69, 9.17) is 9.47 Å². The van der Waals surface area contributed by atoms with E-state index in [9.17, 15) is 4.79 Å². The van der Waals surface area contributed by atoms with Crippen molar-refractivity contribution in [2.75, 3.05) is 13.2 Å². The number of carbonyl (C=O) groups excluding carboxylic acids is 1. The third-order valence-corrected chi connectivity index (χ3v) is 21.9. The molecule has 23 heavy (non-hydrogen) atoms. The third kappa shape index (κ3) is 3.57. The molecule has 0 aromatic heterocycles. The van der Waals surface area contributed by atoms with Gasteiger partial charge >= 0.3 is 146 Å². The quantitative estimate of drug-likeness (QED) is 0.458. The molecule has 0 aromatic rings. The predicted molar refractivity (Wildman–Crippen MR) is 97.2 cm³/mol. The molecule has 0 bridgehead atoms. The second-order valence-electron chi connectivity index (χ2n) is 7.23. The minimum absolute atomic E-state index is 0.121. The van der Waals surface area contributed by atoms with Crippen molar-refractivity contribution in [1.82, 2.24) is 0 Å². The van der Waals surface area contributed by atoms with Gasteiger partial charge in [0.15, 0.2) is 0 Å². The van der Waals surface area contributed by atoms with Gasteiger partial charge in [0.2, 0.25) is 0 Å². The average molecular weight is 429 g/mol. The van der Waals surface area contributed by atoms with E-state index in [0.717, 1.165) is 5.57 Å². The standard InChI is InChI=1S/C7H7O3.3C4H9.Sn/c1-5-4-7(6(5)8)9-2-3-10-7;3*1-3-4-2;/h2-3H2,1H3;3*1,3-4H2,2H3;. The Labute approximate surface area is 146 Å². The molecule has 0 radical (unpaired) electrons. The molecule has 0 atom stereocenters. The molecule has 1 heterocycles. The Morgan fingerprint density at radius 1 is 0.913 bits per heavy atom. The molecule has 3 nitrogen and oxygen atoms in total. The maximum absolute atomic E-state index is 12.6. The second kappa shape index (κ2) is 8.48. The Hall–Kier alpha value is 0.129. The van der Waals surface area contributed by atoms with Crippen LogP contribution in [0.1, 0.15) is 66.2 Å². The summed E-state index contributed by atoms with van der Waals surface area (Å²) in [6, 6.07) is 0. The fraction of sp³-hybridized carbons (Fsp3) is 0.842. The van der Waals surface area contributed by atoms with E-state index in [1.807, 2.05) is 6.92 Å². The van der Waals surface area contributed by atoms with Crippen molar-refractivity contribution >= 4 is 24.2 Å². The summed E-state index contributed by atoms with van der Waals surface area (Å²) in [4.78, 5) is 12.6. The van der Waals surface area contributed by atoms with Gasteiger partial charge in [-0.05, 0) is 0 Å². The van der Waals surface area contributed by atoms with Crippen molar-refractivity contribution in [3.63, 3.8) is 0 Å². The number of hydrogen-bond acceptors (Lipinski definition) is 3. The van der Waals surface area contributed by atoms with Gasteiger partial charge in [0.25, 0.3) is 0 Å². The van der Waals surface area contributed by atoms with Crippen molar-refractivity contribution in [3.8, 4) is 0 Å². The molecule has 0 N–H and O–H groups in total. The van der Waals surface area contributed by atoms with Crippen LogP contribution in [-0.4, -0.2) is 43.2 Å². The fourth-order valence-electron chi connectivity index (χ4n) is 4.39. The molecular weight excluding hydrogens is 395 g/mol. The van der Waals surface area contributed by atoms with Crippen LogP contribution in [0.4, 0.5) is 0 Å². The molecule has 1 saturated heterocycles. The number of Topliss-reactive ketones (excluding diaryl/α,β-unsaturated/α-hetero) is 1. The van der Waals surface area contributed by atoms with Crippen LogP contribution < -0.4 is 0 Å². The molecule has 0 saturated carbocycles. The first-order valence-corrected chi connectivity index (χ1v) is 17.1. The zero-order valence-electron chi connectivity index (χ0n) is 15.5. The normalized spacial score (nSPS) is 20.4. The first kappa shape index (κ1) is 19.5. The number of ketones is 1. The number of hydrogen-bond donors (Lipinski definition) is 0. The monoisotopic (exact) mass is 430 g/mol. The van der Waals surface area contributed by atoms with Crippen LogP contribution in [0.2, 0.25) is 13.3 Å². The van der Waals surface area contributed by atoms with E-state index in [1.165, 1.54) is 55.4 Å². The van der Waals surface area contributed by atoms with Gasteiger partial charge in [0, 0.05) is 0 Å². The Kier molecular flexibility index (Phi) is 7.17. The van der Waals surface area contributed by atoms with Crippen molar-refractivity contribution in [1.29, 1.82) is 0 Å². The Balaban J connectivity index is 2.38. The van der Waals surface area contributed by atoms with Crippen LogP contribution in [0.25, 0.3) is 0 Å². The summed E-state index contributed by atoms with van der Waals surface area (Å²) < 4.78 is 17.4. The van der Waals surface area contributed by atoms with E-state index in [-0.39, 0.29) is 5.78 Å². The van der Waals surface area contributed by atoms with E-state index < -0.39 is 24.2 Å². The van der Waals surface area contributed by atoms with E-state index >= 15 is 0 Å². The SMILES string of the molecule is CCC[CH2][Sn]([CH2]CCC)([CH2]CCC)[C]1=C(C)C(=O)C12OCCO2. The molecule has 1 fully saturated rings. The zero-order valence-corrected chi connectivity index (χ0v) is 18.4. The molecule has 1 aliphatic heterocycles. The van der Waals surface area contributed by atoms with Crippen LogP contribution in [-0.2, 0) is 14.3 Å². The summed E-state index contributed by atoms with van der Waals surface area (Å²) in [6.07, 6.45) is 7.61. The fourth-order valence-corrected chi connectivity index (χ4v) is 22.8. The molecule has 4 heteroatoms. The topological polar surface area (TPSA) is 35.5 Å². The summed E-state index contributed by atoms with van der Waals surface area (Å²) in [6.45, 7) is 10.0. The van der Waals surface area contributed by atoms with Crippen LogP contribution in [0.3, 0.4) is 0 Å². The van der Waals surface area contributed by atoms with Gasteiger partial charge in [-0.25, -0.2) is 0 Å². The van der Waals surface area contributed by atoms with Gasteiger partial charge in [-0.2, -0.15) is 0 Å². The van der Waals surface area contributed by atoms with Gasteiger partial charge in [-0.15, -0.1) is 0 Å². The van der Waals surface area contributed by atoms with Crippen LogP contribution in [0.15, 0.2) is 9.16 Å². The first-order valence-electron chi connectivity index (χ1n) is 9.62. The van der Waals surface area contributed by atoms with Gasteiger partial charge < -0.3 is 0 Å². The summed E-state index contributed by atoms with van der Waals surface area (Å²) in [5, 5.41) is 0. The van der Waals surface area contributed by atoms with Crippen LogP contribution in [0.5, 0.6) is 0 Å². The van der Waals surface area contributed by atoms with Gasteiger partial charge in [-0.1, -0.05) is 0 Å². The number of ether oxygens (including phenoxy) is 2.